The smallest absolute Gasteiger partial charge is 0.254 e. The summed E-state index contributed by atoms with van der Waals surface area (Å²) in [4.78, 5) is 14.4. The molecule has 23 heavy (non-hydrogen) atoms. The average molecular weight is 334 g/mol. The van der Waals surface area contributed by atoms with Crippen LogP contribution in [0.1, 0.15) is 31.9 Å². The maximum absolute atomic E-state index is 12.6. The standard InChI is InChI=1S/C17H20ClN3O2/c1-12-9-13(2)21-16(7-8-19-21)20(12)17(22)11-23-10-14-5-3-4-6-15(14)18/h3-8,12-13H,9-11H2,1-2H3/t12-,13+/m0/s1. The number of rotatable bonds is 4. The van der Waals surface area contributed by atoms with E-state index in [1.807, 2.05) is 35.0 Å². The molecule has 0 bridgehead atoms. The Morgan fingerprint density at radius 3 is 2.87 bits per heavy atom. The zero-order chi connectivity index (χ0) is 16.4. The second-order valence-corrected chi connectivity index (χ2v) is 6.32. The van der Waals surface area contributed by atoms with Gasteiger partial charge >= 0.3 is 0 Å². The minimum Gasteiger partial charge on any atom is -0.367 e. The Bertz CT molecular complexity index is 701. The van der Waals surface area contributed by atoms with Gasteiger partial charge in [-0.15, -0.1) is 0 Å². The molecule has 1 aromatic carbocycles. The highest BCUT2D eigenvalue weighted by atomic mass is 35.5. The first-order chi connectivity index (χ1) is 11.1. The average Bonchev–Trinajstić information content (AvgIpc) is 2.99. The van der Waals surface area contributed by atoms with Crippen molar-refractivity contribution in [2.45, 2.75) is 39.0 Å². The molecule has 0 saturated carbocycles. The number of aromatic nitrogens is 2. The van der Waals surface area contributed by atoms with E-state index in [4.69, 9.17) is 16.3 Å². The van der Waals surface area contributed by atoms with Crippen LogP contribution in [0.2, 0.25) is 5.02 Å². The number of halogens is 1. The summed E-state index contributed by atoms with van der Waals surface area (Å²) in [5.41, 5.74) is 0.882. The zero-order valence-electron chi connectivity index (χ0n) is 13.3. The lowest BCUT2D eigenvalue weighted by Crippen LogP contribution is -2.46. The maximum atomic E-state index is 12.6. The molecule has 5 nitrogen and oxygen atoms in total. The Kier molecular flexibility index (Phi) is 4.68. The van der Waals surface area contributed by atoms with Crippen molar-refractivity contribution in [3.05, 3.63) is 47.1 Å². The Hall–Kier alpha value is -1.85. The van der Waals surface area contributed by atoms with Gasteiger partial charge in [-0.1, -0.05) is 29.8 Å². The van der Waals surface area contributed by atoms with Crippen LogP contribution in [0.5, 0.6) is 0 Å². The monoisotopic (exact) mass is 333 g/mol. The van der Waals surface area contributed by atoms with Crippen molar-refractivity contribution in [2.75, 3.05) is 11.5 Å². The fourth-order valence-corrected chi connectivity index (χ4v) is 3.26. The van der Waals surface area contributed by atoms with Gasteiger partial charge in [-0.25, -0.2) is 4.68 Å². The van der Waals surface area contributed by atoms with Crippen molar-refractivity contribution >= 4 is 23.3 Å². The first kappa shape index (κ1) is 16.0. The molecule has 0 unspecified atom stereocenters. The number of amides is 1. The van der Waals surface area contributed by atoms with Crippen LogP contribution in [0.15, 0.2) is 36.5 Å². The molecule has 3 rings (SSSR count). The van der Waals surface area contributed by atoms with Crippen molar-refractivity contribution in [3.8, 4) is 0 Å². The van der Waals surface area contributed by atoms with Gasteiger partial charge in [-0.05, 0) is 31.9 Å². The predicted molar refractivity (Wildman–Crippen MR) is 89.6 cm³/mol. The van der Waals surface area contributed by atoms with Gasteiger partial charge in [-0.2, -0.15) is 5.10 Å². The van der Waals surface area contributed by atoms with E-state index in [1.54, 1.807) is 11.1 Å². The lowest BCUT2D eigenvalue weighted by Gasteiger charge is -2.36. The predicted octanol–water partition coefficient (Wildman–Crippen LogP) is 3.44. The highest BCUT2D eigenvalue weighted by Gasteiger charge is 2.32. The molecule has 1 aromatic heterocycles. The topological polar surface area (TPSA) is 47.4 Å². The van der Waals surface area contributed by atoms with Gasteiger partial charge in [0.15, 0.2) is 0 Å². The molecule has 6 heteroatoms. The molecule has 0 spiro atoms. The molecule has 1 aliphatic heterocycles. The molecule has 0 fully saturated rings. The second-order valence-electron chi connectivity index (χ2n) is 5.92. The van der Waals surface area contributed by atoms with Crippen LogP contribution in [0.3, 0.4) is 0 Å². The Morgan fingerprint density at radius 1 is 1.30 bits per heavy atom. The van der Waals surface area contributed by atoms with Crippen LogP contribution in [-0.4, -0.2) is 28.3 Å². The summed E-state index contributed by atoms with van der Waals surface area (Å²) in [6.07, 6.45) is 2.61. The summed E-state index contributed by atoms with van der Waals surface area (Å²) in [6, 6.07) is 9.78. The SMILES string of the molecule is C[C@@H]1C[C@H](C)N(C(=O)COCc2ccccc2Cl)c2ccnn21. The molecule has 0 N–H and O–H groups in total. The second kappa shape index (κ2) is 6.72. The number of carbonyl (C=O) groups is 1. The molecule has 2 atom stereocenters. The quantitative estimate of drug-likeness (QED) is 0.861. The van der Waals surface area contributed by atoms with Crippen LogP contribution < -0.4 is 4.90 Å². The van der Waals surface area contributed by atoms with Crippen molar-refractivity contribution < 1.29 is 9.53 Å². The van der Waals surface area contributed by atoms with Crippen molar-refractivity contribution in [2.24, 2.45) is 0 Å². The van der Waals surface area contributed by atoms with Crippen LogP contribution in [-0.2, 0) is 16.1 Å². The highest BCUT2D eigenvalue weighted by Crippen LogP contribution is 2.31. The number of hydrogen-bond acceptors (Lipinski definition) is 3. The number of carbonyl (C=O) groups excluding carboxylic acids is 1. The zero-order valence-corrected chi connectivity index (χ0v) is 14.0. The third kappa shape index (κ3) is 3.26. The number of nitrogens with zero attached hydrogens (tertiary/aromatic N) is 3. The summed E-state index contributed by atoms with van der Waals surface area (Å²) in [5, 5.41) is 4.96. The summed E-state index contributed by atoms with van der Waals surface area (Å²) < 4.78 is 7.47. The van der Waals surface area contributed by atoms with E-state index in [0.717, 1.165) is 17.8 Å². The molecular formula is C17H20ClN3O2. The summed E-state index contributed by atoms with van der Waals surface area (Å²) in [7, 11) is 0. The van der Waals surface area contributed by atoms with Gasteiger partial charge < -0.3 is 4.74 Å². The Morgan fingerprint density at radius 2 is 2.09 bits per heavy atom. The van der Waals surface area contributed by atoms with E-state index in [9.17, 15) is 4.79 Å². The van der Waals surface area contributed by atoms with Crippen molar-refractivity contribution in [1.82, 2.24) is 9.78 Å². The largest absolute Gasteiger partial charge is 0.367 e. The van der Waals surface area contributed by atoms with Gasteiger partial charge in [-0.3, -0.25) is 9.69 Å². The van der Waals surface area contributed by atoms with E-state index in [2.05, 4.69) is 18.9 Å². The van der Waals surface area contributed by atoms with Gasteiger partial charge in [0.25, 0.3) is 5.91 Å². The molecule has 122 valence electrons. The van der Waals surface area contributed by atoms with E-state index < -0.39 is 0 Å². The summed E-state index contributed by atoms with van der Waals surface area (Å²) in [6.45, 7) is 4.51. The first-order valence-corrected chi connectivity index (χ1v) is 8.12. The van der Waals surface area contributed by atoms with E-state index in [-0.39, 0.29) is 18.6 Å². The highest BCUT2D eigenvalue weighted by molar-refractivity contribution is 6.31. The van der Waals surface area contributed by atoms with E-state index in [1.165, 1.54) is 0 Å². The van der Waals surface area contributed by atoms with Gasteiger partial charge in [0.05, 0.1) is 18.8 Å². The maximum Gasteiger partial charge on any atom is 0.254 e. The summed E-state index contributed by atoms with van der Waals surface area (Å²) >= 11 is 6.09. The Balaban J connectivity index is 1.65. The van der Waals surface area contributed by atoms with Crippen LogP contribution >= 0.6 is 11.6 Å². The molecule has 0 aliphatic carbocycles. The number of fused-ring (bicyclic) bond motifs is 1. The number of benzene rings is 1. The molecule has 2 aromatic rings. The molecule has 1 aliphatic rings. The third-order valence-electron chi connectivity index (χ3n) is 4.15. The summed E-state index contributed by atoms with van der Waals surface area (Å²) in [5.74, 6) is 0.779. The molecular weight excluding hydrogens is 314 g/mol. The molecule has 1 amide bonds. The molecule has 0 radical (unpaired) electrons. The fraction of sp³-hybridized carbons (Fsp3) is 0.412. The van der Waals surface area contributed by atoms with Crippen molar-refractivity contribution in [1.29, 1.82) is 0 Å². The van der Waals surface area contributed by atoms with Gasteiger partial charge in [0.1, 0.15) is 12.4 Å². The Labute approximate surface area is 140 Å². The van der Waals surface area contributed by atoms with Crippen molar-refractivity contribution in [3.63, 3.8) is 0 Å². The van der Waals surface area contributed by atoms with Crippen LogP contribution in [0, 0.1) is 0 Å². The molecule has 2 heterocycles. The number of ether oxygens (including phenoxy) is 1. The fourth-order valence-electron chi connectivity index (χ4n) is 3.07. The van der Waals surface area contributed by atoms with Crippen LogP contribution in [0.4, 0.5) is 5.82 Å². The first-order valence-electron chi connectivity index (χ1n) is 7.74. The lowest BCUT2D eigenvalue weighted by atomic mass is 10.1. The minimum absolute atomic E-state index is 0.0229. The van der Waals surface area contributed by atoms with Crippen LogP contribution in [0.25, 0.3) is 0 Å². The number of anilines is 1. The minimum atomic E-state index is -0.0572. The number of hydrogen-bond donors (Lipinski definition) is 0. The molecule has 0 saturated heterocycles. The van der Waals surface area contributed by atoms with Gasteiger partial charge in [0, 0.05) is 17.1 Å². The van der Waals surface area contributed by atoms with E-state index >= 15 is 0 Å². The van der Waals surface area contributed by atoms with E-state index in [0.29, 0.717) is 17.7 Å². The van der Waals surface area contributed by atoms with Gasteiger partial charge in [0.2, 0.25) is 0 Å². The third-order valence-corrected chi connectivity index (χ3v) is 4.52. The normalized spacial score (nSPS) is 20.4. The lowest BCUT2D eigenvalue weighted by molar-refractivity contribution is -0.124.